The second-order valence-electron chi connectivity index (χ2n) is 6.83. The van der Waals surface area contributed by atoms with Crippen LogP contribution < -0.4 is 4.74 Å². The fourth-order valence-electron chi connectivity index (χ4n) is 3.11. The lowest BCUT2D eigenvalue weighted by Crippen LogP contribution is -2.49. The Morgan fingerprint density at radius 1 is 1.19 bits per heavy atom. The number of rotatable bonds is 6. The third-order valence-electron chi connectivity index (χ3n) is 4.88. The van der Waals surface area contributed by atoms with Crippen LogP contribution in [0.25, 0.3) is 0 Å². The van der Waals surface area contributed by atoms with Crippen LogP contribution in [0.1, 0.15) is 35.0 Å². The standard InChI is InChI=1S/C19H22ClN3O3/c20-15-3-5-16(6-4-15)25-12-11-22-7-9-23(10-8-22)19(24)17-13-18(26-21-17)14-1-2-14/h3-6,13-14H,1-2,7-12H2. The van der Waals surface area contributed by atoms with E-state index in [1.807, 2.05) is 35.2 Å². The molecule has 2 heterocycles. The molecule has 0 N–H and O–H groups in total. The quantitative estimate of drug-likeness (QED) is 0.776. The molecule has 0 bridgehead atoms. The van der Waals surface area contributed by atoms with Crippen molar-refractivity contribution in [1.29, 1.82) is 0 Å². The van der Waals surface area contributed by atoms with Gasteiger partial charge in [-0.2, -0.15) is 0 Å². The minimum absolute atomic E-state index is 0.0299. The first-order valence-electron chi connectivity index (χ1n) is 9.05. The Labute approximate surface area is 157 Å². The van der Waals surface area contributed by atoms with E-state index >= 15 is 0 Å². The summed E-state index contributed by atoms with van der Waals surface area (Å²) in [6, 6.07) is 9.19. The van der Waals surface area contributed by atoms with E-state index in [9.17, 15) is 4.79 Å². The van der Waals surface area contributed by atoms with Gasteiger partial charge in [-0.1, -0.05) is 16.8 Å². The molecule has 6 nitrogen and oxygen atoms in total. The molecule has 138 valence electrons. The fourth-order valence-corrected chi connectivity index (χ4v) is 3.24. The minimum Gasteiger partial charge on any atom is -0.492 e. The number of hydrogen-bond acceptors (Lipinski definition) is 5. The smallest absolute Gasteiger partial charge is 0.276 e. The number of carbonyl (C=O) groups is 1. The van der Waals surface area contributed by atoms with Gasteiger partial charge in [0.25, 0.3) is 5.91 Å². The molecule has 2 aliphatic rings. The summed E-state index contributed by atoms with van der Waals surface area (Å²) in [5.74, 6) is 2.12. The highest BCUT2D eigenvalue weighted by molar-refractivity contribution is 6.30. The third kappa shape index (κ3) is 4.19. The maximum absolute atomic E-state index is 12.5. The molecule has 1 amide bonds. The molecule has 1 aliphatic carbocycles. The van der Waals surface area contributed by atoms with E-state index in [1.54, 1.807) is 0 Å². The van der Waals surface area contributed by atoms with E-state index in [2.05, 4.69) is 10.1 Å². The number of aromatic nitrogens is 1. The Kier molecular flexibility index (Phi) is 5.13. The Hall–Kier alpha value is -2.05. The topological polar surface area (TPSA) is 58.8 Å². The molecule has 1 saturated carbocycles. The van der Waals surface area contributed by atoms with Gasteiger partial charge in [0, 0.05) is 49.7 Å². The monoisotopic (exact) mass is 375 g/mol. The van der Waals surface area contributed by atoms with Gasteiger partial charge in [-0.05, 0) is 37.1 Å². The van der Waals surface area contributed by atoms with Crippen molar-refractivity contribution in [2.24, 2.45) is 0 Å². The second kappa shape index (κ2) is 7.68. The van der Waals surface area contributed by atoms with Gasteiger partial charge in [0.1, 0.15) is 18.1 Å². The van der Waals surface area contributed by atoms with Gasteiger partial charge >= 0.3 is 0 Å². The van der Waals surface area contributed by atoms with E-state index in [0.29, 0.717) is 36.3 Å². The molecule has 0 atom stereocenters. The zero-order valence-corrected chi connectivity index (χ0v) is 15.3. The maximum atomic E-state index is 12.5. The van der Waals surface area contributed by atoms with E-state index in [4.69, 9.17) is 20.9 Å². The molecule has 1 aromatic carbocycles. The highest BCUT2D eigenvalue weighted by Crippen LogP contribution is 2.40. The molecular formula is C19H22ClN3O3. The van der Waals surface area contributed by atoms with E-state index < -0.39 is 0 Å². The summed E-state index contributed by atoms with van der Waals surface area (Å²) in [7, 11) is 0. The summed E-state index contributed by atoms with van der Waals surface area (Å²) in [5.41, 5.74) is 0.437. The van der Waals surface area contributed by atoms with Crippen molar-refractivity contribution in [3.63, 3.8) is 0 Å². The molecule has 0 unspecified atom stereocenters. The Morgan fingerprint density at radius 3 is 2.62 bits per heavy atom. The van der Waals surface area contributed by atoms with E-state index in [1.165, 1.54) is 0 Å². The molecule has 26 heavy (non-hydrogen) atoms. The molecule has 4 rings (SSSR count). The molecular weight excluding hydrogens is 354 g/mol. The van der Waals surface area contributed by atoms with Gasteiger partial charge in [-0.25, -0.2) is 0 Å². The summed E-state index contributed by atoms with van der Waals surface area (Å²) in [4.78, 5) is 16.7. The number of halogens is 1. The van der Waals surface area contributed by atoms with Crippen LogP contribution in [0.3, 0.4) is 0 Å². The van der Waals surface area contributed by atoms with Crippen LogP contribution >= 0.6 is 11.6 Å². The third-order valence-corrected chi connectivity index (χ3v) is 5.13. The maximum Gasteiger partial charge on any atom is 0.276 e. The van der Waals surface area contributed by atoms with Crippen LogP contribution in [-0.4, -0.2) is 60.2 Å². The number of nitrogens with zero attached hydrogens (tertiary/aromatic N) is 3. The Balaban J connectivity index is 1.20. The highest BCUT2D eigenvalue weighted by atomic mass is 35.5. The van der Waals surface area contributed by atoms with Gasteiger partial charge in [0.15, 0.2) is 5.69 Å². The van der Waals surface area contributed by atoms with E-state index in [-0.39, 0.29) is 5.91 Å². The predicted octanol–water partition coefficient (Wildman–Crippen LogP) is 3.04. The van der Waals surface area contributed by atoms with Crippen molar-refractivity contribution in [3.8, 4) is 5.75 Å². The van der Waals surface area contributed by atoms with Crippen molar-refractivity contribution < 1.29 is 14.1 Å². The zero-order chi connectivity index (χ0) is 17.9. The first-order valence-corrected chi connectivity index (χ1v) is 9.43. The summed E-state index contributed by atoms with van der Waals surface area (Å²) in [6.07, 6.45) is 2.28. The average Bonchev–Trinajstić information content (AvgIpc) is 3.40. The molecule has 0 radical (unpaired) electrons. The van der Waals surface area contributed by atoms with Crippen molar-refractivity contribution in [1.82, 2.24) is 15.0 Å². The number of ether oxygens (including phenoxy) is 1. The van der Waals surface area contributed by atoms with Crippen molar-refractivity contribution in [2.75, 3.05) is 39.3 Å². The van der Waals surface area contributed by atoms with Crippen molar-refractivity contribution >= 4 is 17.5 Å². The number of benzene rings is 1. The lowest BCUT2D eigenvalue weighted by atomic mass is 10.2. The van der Waals surface area contributed by atoms with Crippen molar-refractivity contribution in [3.05, 3.63) is 46.8 Å². The van der Waals surface area contributed by atoms with Gasteiger partial charge in [0.05, 0.1) is 0 Å². The molecule has 7 heteroatoms. The van der Waals surface area contributed by atoms with Crippen LogP contribution in [-0.2, 0) is 0 Å². The predicted molar refractivity (Wildman–Crippen MR) is 97.8 cm³/mol. The summed E-state index contributed by atoms with van der Waals surface area (Å²) < 4.78 is 11.0. The number of piperazine rings is 1. The Bertz CT molecular complexity index is 750. The summed E-state index contributed by atoms with van der Waals surface area (Å²) in [5, 5.41) is 4.65. The largest absolute Gasteiger partial charge is 0.492 e. The minimum atomic E-state index is -0.0299. The van der Waals surface area contributed by atoms with Crippen LogP contribution in [0.15, 0.2) is 34.9 Å². The number of hydrogen-bond donors (Lipinski definition) is 0. The number of carbonyl (C=O) groups excluding carboxylic acids is 1. The average molecular weight is 376 g/mol. The second-order valence-corrected chi connectivity index (χ2v) is 7.26. The van der Waals surface area contributed by atoms with Gasteiger partial charge in [-0.3, -0.25) is 9.69 Å². The Morgan fingerprint density at radius 2 is 1.92 bits per heavy atom. The summed E-state index contributed by atoms with van der Waals surface area (Å²) in [6.45, 7) is 4.52. The molecule has 2 fully saturated rings. The first kappa shape index (κ1) is 17.4. The lowest BCUT2D eigenvalue weighted by Gasteiger charge is -2.34. The van der Waals surface area contributed by atoms with Crippen LogP contribution in [0.4, 0.5) is 0 Å². The summed E-state index contributed by atoms with van der Waals surface area (Å²) >= 11 is 5.86. The van der Waals surface area contributed by atoms with Crippen LogP contribution in [0, 0.1) is 0 Å². The zero-order valence-electron chi connectivity index (χ0n) is 14.6. The molecule has 1 saturated heterocycles. The first-order chi connectivity index (χ1) is 12.7. The fraction of sp³-hybridized carbons (Fsp3) is 0.474. The molecule has 1 aromatic heterocycles. The molecule has 1 aliphatic heterocycles. The van der Waals surface area contributed by atoms with Gasteiger partial charge in [0.2, 0.25) is 0 Å². The normalized spacial score (nSPS) is 18.1. The SMILES string of the molecule is O=C(c1cc(C2CC2)on1)N1CCN(CCOc2ccc(Cl)cc2)CC1. The van der Waals surface area contributed by atoms with Crippen LogP contribution in [0.2, 0.25) is 5.02 Å². The molecule has 2 aromatic rings. The molecule has 0 spiro atoms. The van der Waals surface area contributed by atoms with Gasteiger partial charge < -0.3 is 14.2 Å². The van der Waals surface area contributed by atoms with Gasteiger partial charge in [-0.15, -0.1) is 0 Å². The van der Waals surface area contributed by atoms with Crippen LogP contribution in [0.5, 0.6) is 5.75 Å². The van der Waals surface area contributed by atoms with E-state index in [0.717, 1.165) is 44.0 Å². The highest BCUT2D eigenvalue weighted by Gasteiger charge is 2.30. The number of amides is 1. The van der Waals surface area contributed by atoms with Crippen molar-refractivity contribution in [2.45, 2.75) is 18.8 Å². The lowest BCUT2D eigenvalue weighted by molar-refractivity contribution is 0.0610.